The molecule has 1 aromatic heterocycles. The highest BCUT2D eigenvalue weighted by atomic mass is 16.5. The van der Waals surface area contributed by atoms with Gasteiger partial charge in [-0.2, -0.15) is 5.10 Å². The average Bonchev–Trinajstić information content (AvgIpc) is 3.26. The zero-order valence-electron chi connectivity index (χ0n) is 15.6. The third kappa shape index (κ3) is 5.07. The summed E-state index contributed by atoms with van der Waals surface area (Å²) in [6.45, 7) is 1.46. The second kappa shape index (κ2) is 9.38. The summed E-state index contributed by atoms with van der Waals surface area (Å²) in [5.41, 5.74) is 3.31. The van der Waals surface area contributed by atoms with E-state index in [0.29, 0.717) is 6.54 Å². The van der Waals surface area contributed by atoms with Crippen molar-refractivity contribution in [2.24, 2.45) is 4.99 Å². The van der Waals surface area contributed by atoms with Crippen molar-refractivity contribution in [3.8, 4) is 11.4 Å². The van der Waals surface area contributed by atoms with E-state index < -0.39 is 0 Å². The monoisotopic (exact) mass is 364 g/mol. The van der Waals surface area contributed by atoms with Gasteiger partial charge in [0.1, 0.15) is 18.4 Å². The lowest BCUT2D eigenvalue weighted by atomic mass is 10.1. The maximum atomic E-state index is 5.39. The molecule has 27 heavy (non-hydrogen) atoms. The molecule has 1 heterocycles. The number of guanidine groups is 1. The molecule has 0 aliphatic carbocycles. The largest absolute Gasteiger partial charge is 0.496 e. The van der Waals surface area contributed by atoms with E-state index >= 15 is 0 Å². The Bertz CT molecular complexity index is 858. The molecule has 0 spiro atoms. The third-order valence-corrected chi connectivity index (χ3v) is 4.18. The number of hydrogen-bond donors (Lipinski definition) is 2. The summed E-state index contributed by atoms with van der Waals surface area (Å²) in [6, 6.07) is 16.2. The number of para-hydroxylation sites is 1. The van der Waals surface area contributed by atoms with Crippen molar-refractivity contribution in [3.63, 3.8) is 0 Å². The van der Waals surface area contributed by atoms with Crippen LogP contribution in [0.25, 0.3) is 5.69 Å². The van der Waals surface area contributed by atoms with Crippen molar-refractivity contribution in [3.05, 3.63) is 72.3 Å². The molecule has 7 heteroatoms. The van der Waals surface area contributed by atoms with Crippen LogP contribution in [0.3, 0.4) is 0 Å². The van der Waals surface area contributed by atoms with Crippen LogP contribution in [0.15, 0.2) is 66.2 Å². The van der Waals surface area contributed by atoms with Gasteiger partial charge in [-0.1, -0.05) is 30.3 Å². The fourth-order valence-electron chi connectivity index (χ4n) is 2.74. The summed E-state index contributed by atoms with van der Waals surface area (Å²) < 4.78 is 7.12. The van der Waals surface area contributed by atoms with Gasteiger partial charge in [-0.25, -0.2) is 9.67 Å². The Morgan fingerprint density at radius 1 is 1.11 bits per heavy atom. The number of methoxy groups -OCH3 is 1. The van der Waals surface area contributed by atoms with Gasteiger partial charge in [0.25, 0.3) is 0 Å². The van der Waals surface area contributed by atoms with E-state index in [0.717, 1.165) is 35.9 Å². The maximum Gasteiger partial charge on any atom is 0.191 e. The second-order valence-electron chi connectivity index (χ2n) is 5.92. The highest BCUT2D eigenvalue weighted by molar-refractivity contribution is 5.79. The van der Waals surface area contributed by atoms with Gasteiger partial charge < -0.3 is 15.4 Å². The van der Waals surface area contributed by atoms with Gasteiger partial charge in [-0.3, -0.25) is 4.99 Å². The van der Waals surface area contributed by atoms with Crippen molar-refractivity contribution in [2.45, 2.75) is 13.0 Å². The lowest BCUT2D eigenvalue weighted by Crippen LogP contribution is -2.37. The topological polar surface area (TPSA) is 76.4 Å². The minimum absolute atomic E-state index is 0.686. The molecular formula is C20H24N6O. The van der Waals surface area contributed by atoms with Gasteiger partial charge in [0.2, 0.25) is 0 Å². The number of rotatable bonds is 7. The molecule has 0 unspecified atom stereocenters. The Morgan fingerprint density at radius 2 is 1.93 bits per heavy atom. The van der Waals surface area contributed by atoms with Crippen molar-refractivity contribution < 1.29 is 4.74 Å². The van der Waals surface area contributed by atoms with Crippen molar-refractivity contribution in [1.29, 1.82) is 0 Å². The maximum absolute atomic E-state index is 5.39. The predicted molar refractivity (Wildman–Crippen MR) is 106 cm³/mol. The predicted octanol–water partition coefficient (Wildman–Crippen LogP) is 2.18. The van der Waals surface area contributed by atoms with Gasteiger partial charge in [0.05, 0.1) is 12.8 Å². The van der Waals surface area contributed by atoms with Crippen LogP contribution in [0.5, 0.6) is 5.75 Å². The smallest absolute Gasteiger partial charge is 0.191 e. The van der Waals surface area contributed by atoms with Crippen LogP contribution < -0.4 is 15.4 Å². The molecule has 7 nitrogen and oxygen atoms in total. The third-order valence-electron chi connectivity index (χ3n) is 4.18. The summed E-state index contributed by atoms with van der Waals surface area (Å²) in [6.07, 6.45) is 4.06. The van der Waals surface area contributed by atoms with Gasteiger partial charge >= 0.3 is 0 Å². The standard InChI is InChI=1S/C20H24N6O/c1-21-20(23-12-11-17-5-3-4-6-19(17)27-2)24-13-16-7-9-18(10-8-16)26-15-22-14-25-26/h3-10,14-15H,11-13H2,1-2H3,(H2,21,23,24). The van der Waals surface area contributed by atoms with Crippen LogP contribution in [0.4, 0.5) is 0 Å². The van der Waals surface area contributed by atoms with Gasteiger partial charge in [0.15, 0.2) is 5.96 Å². The van der Waals surface area contributed by atoms with E-state index in [4.69, 9.17) is 4.74 Å². The minimum atomic E-state index is 0.686. The fourth-order valence-corrected chi connectivity index (χ4v) is 2.74. The molecule has 0 atom stereocenters. The van der Waals surface area contributed by atoms with Crippen LogP contribution in [0.1, 0.15) is 11.1 Å². The first-order valence-electron chi connectivity index (χ1n) is 8.80. The lowest BCUT2D eigenvalue weighted by Gasteiger charge is -2.13. The van der Waals surface area contributed by atoms with E-state index in [1.807, 2.05) is 30.3 Å². The molecule has 0 saturated heterocycles. The molecule has 3 rings (SSSR count). The number of ether oxygens (including phenoxy) is 1. The Kier molecular flexibility index (Phi) is 6.40. The van der Waals surface area contributed by atoms with Crippen molar-refractivity contribution in [1.82, 2.24) is 25.4 Å². The van der Waals surface area contributed by atoms with E-state index in [2.05, 4.69) is 43.9 Å². The first kappa shape index (κ1) is 18.4. The molecule has 0 bridgehead atoms. The molecule has 0 aliphatic heterocycles. The Labute approximate surface area is 159 Å². The molecule has 0 amide bonds. The van der Waals surface area contributed by atoms with Crippen LogP contribution in [0, 0.1) is 0 Å². The number of nitrogens with zero attached hydrogens (tertiary/aromatic N) is 4. The summed E-state index contributed by atoms with van der Waals surface area (Å²) >= 11 is 0. The number of aliphatic imine (C=N–C) groups is 1. The fraction of sp³-hybridized carbons (Fsp3) is 0.250. The molecule has 2 aromatic carbocycles. The number of aromatic nitrogens is 3. The molecule has 2 N–H and O–H groups in total. The summed E-state index contributed by atoms with van der Waals surface area (Å²) in [4.78, 5) is 8.24. The van der Waals surface area contributed by atoms with Gasteiger partial charge in [-0.15, -0.1) is 0 Å². The minimum Gasteiger partial charge on any atom is -0.496 e. The molecule has 140 valence electrons. The zero-order valence-corrected chi connectivity index (χ0v) is 15.6. The first-order chi connectivity index (χ1) is 13.3. The number of hydrogen-bond acceptors (Lipinski definition) is 4. The van der Waals surface area contributed by atoms with Gasteiger partial charge in [0, 0.05) is 20.1 Å². The Morgan fingerprint density at radius 3 is 2.63 bits per heavy atom. The lowest BCUT2D eigenvalue weighted by molar-refractivity contribution is 0.409. The summed E-state index contributed by atoms with van der Waals surface area (Å²) in [7, 11) is 3.47. The van der Waals surface area contributed by atoms with Crippen molar-refractivity contribution >= 4 is 5.96 Å². The SMILES string of the molecule is CN=C(NCCc1ccccc1OC)NCc1ccc(-n2cncn2)cc1. The molecule has 0 radical (unpaired) electrons. The molecular weight excluding hydrogens is 340 g/mol. The first-order valence-corrected chi connectivity index (χ1v) is 8.80. The number of benzene rings is 2. The molecule has 0 saturated carbocycles. The van der Waals surface area contributed by atoms with Crippen LogP contribution in [0.2, 0.25) is 0 Å². The van der Waals surface area contributed by atoms with Crippen LogP contribution in [-0.2, 0) is 13.0 Å². The van der Waals surface area contributed by atoms with E-state index in [-0.39, 0.29) is 0 Å². The molecule has 3 aromatic rings. The van der Waals surface area contributed by atoms with Gasteiger partial charge in [-0.05, 0) is 35.7 Å². The normalized spacial score (nSPS) is 11.3. The Balaban J connectivity index is 1.48. The number of nitrogens with one attached hydrogen (secondary N) is 2. The second-order valence-corrected chi connectivity index (χ2v) is 5.92. The highest BCUT2D eigenvalue weighted by Crippen LogP contribution is 2.17. The Hall–Kier alpha value is -3.35. The van der Waals surface area contributed by atoms with Crippen LogP contribution >= 0.6 is 0 Å². The van der Waals surface area contributed by atoms with Crippen LogP contribution in [-0.4, -0.2) is 41.4 Å². The summed E-state index contributed by atoms with van der Waals surface area (Å²) in [5, 5.41) is 10.8. The van der Waals surface area contributed by atoms with Crippen molar-refractivity contribution in [2.75, 3.05) is 20.7 Å². The quantitative estimate of drug-likeness (QED) is 0.496. The average molecular weight is 364 g/mol. The summed E-state index contributed by atoms with van der Waals surface area (Å²) in [5.74, 6) is 1.68. The van der Waals surface area contributed by atoms with E-state index in [9.17, 15) is 0 Å². The molecule has 0 fully saturated rings. The highest BCUT2D eigenvalue weighted by Gasteiger charge is 2.03. The zero-order chi connectivity index (χ0) is 18.9. The van der Waals surface area contributed by atoms with E-state index in [1.165, 1.54) is 11.9 Å². The van der Waals surface area contributed by atoms with E-state index in [1.54, 1.807) is 25.2 Å². The molecule has 0 aliphatic rings.